The van der Waals surface area contributed by atoms with Gasteiger partial charge in [-0.2, -0.15) is 0 Å². The van der Waals surface area contributed by atoms with Gasteiger partial charge in [0.2, 0.25) is 0 Å². The predicted octanol–water partition coefficient (Wildman–Crippen LogP) is 6.18. The predicted molar refractivity (Wildman–Crippen MR) is 149 cm³/mol. The van der Waals surface area contributed by atoms with Gasteiger partial charge >= 0.3 is 18.2 Å². The number of piperidine rings is 1. The first-order chi connectivity index (χ1) is 18.1. The van der Waals surface area contributed by atoms with Crippen LogP contribution in [0.25, 0.3) is 11.1 Å². The van der Waals surface area contributed by atoms with Gasteiger partial charge < -0.3 is 19.9 Å². The highest BCUT2D eigenvalue weighted by Gasteiger charge is 2.58. The lowest BCUT2D eigenvalue weighted by atomic mass is 9.64. The fourth-order valence-corrected chi connectivity index (χ4v) is 6.76. The van der Waals surface area contributed by atoms with Gasteiger partial charge in [0.25, 0.3) is 0 Å². The van der Waals surface area contributed by atoms with Crippen LogP contribution in [0.3, 0.4) is 0 Å². The molecule has 0 bridgehead atoms. The maximum Gasteiger partial charge on any atom is 0.410 e. The number of hydrogen-bond acceptors (Lipinski definition) is 5. The molecule has 1 heterocycles. The fraction of sp³-hybridized carbons (Fsp3) is 0.516. The average Bonchev–Trinajstić information content (AvgIpc) is 3.12. The second-order valence-corrected chi connectivity index (χ2v) is 13.1. The Hall–Kier alpha value is -3.55. The Morgan fingerprint density at radius 1 is 0.923 bits per heavy atom. The summed E-state index contributed by atoms with van der Waals surface area (Å²) in [4.78, 5) is 40.3. The minimum absolute atomic E-state index is 0.0755. The van der Waals surface area contributed by atoms with Gasteiger partial charge in [0, 0.05) is 23.5 Å². The number of alkyl carbamates (subject to hydrolysis) is 1. The van der Waals surface area contributed by atoms with E-state index in [0.29, 0.717) is 0 Å². The maximum absolute atomic E-state index is 13.7. The molecule has 8 nitrogen and oxygen atoms in total. The summed E-state index contributed by atoms with van der Waals surface area (Å²) in [6.07, 6.45) is -0.874. The first kappa shape index (κ1) is 28.5. The Morgan fingerprint density at radius 3 is 1.87 bits per heavy atom. The van der Waals surface area contributed by atoms with Crippen LogP contribution in [0.4, 0.5) is 9.59 Å². The number of amides is 2. The lowest BCUT2D eigenvalue weighted by Gasteiger charge is -2.57. The third-order valence-electron chi connectivity index (χ3n) is 7.69. The van der Waals surface area contributed by atoms with E-state index < -0.39 is 40.2 Å². The summed E-state index contributed by atoms with van der Waals surface area (Å²) >= 11 is 0. The fourth-order valence-electron chi connectivity index (χ4n) is 6.76. The van der Waals surface area contributed by atoms with Crippen LogP contribution in [-0.2, 0) is 14.3 Å². The minimum Gasteiger partial charge on any atom is -0.481 e. The zero-order chi connectivity index (χ0) is 28.8. The number of nitrogens with one attached hydrogen (secondary N) is 1. The van der Waals surface area contributed by atoms with Crippen LogP contribution in [0.2, 0.25) is 0 Å². The number of nitrogens with zero attached hydrogens (tertiary/aromatic N) is 1. The number of likely N-dealkylation sites (tertiary alicyclic amines) is 1. The second kappa shape index (κ2) is 9.88. The molecule has 2 aliphatic rings. The molecule has 0 unspecified atom stereocenters. The van der Waals surface area contributed by atoms with Crippen molar-refractivity contribution < 1.29 is 29.0 Å². The summed E-state index contributed by atoms with van der Waals surface area (Å²) in [5.41, 5.74) is 0.837. The number of fused-ring (bicyclic) bond motifs is 3. The molecule has 2 amide bonds. The molecule has 2 N–H and O–H groups in total. The largest absolute Gasteiger partial charge is 0.481 e. The first-order valence-electron chi connectivity index (χ1n) is 13.4. The normalized spacial score (nSPS) is 19.0. The molecular formula is C31H40N2O6. The number of benzene rings is 2. The van der Waals surface area contributed by atoms with Crippen molar-refractivity contribution in [2.75, 3.05) is 13.2 Å². The van der Waals surface area contributed by atoms with Crippen molar-refractivity contribution >= 4 is 18.2 Å². The molecule has 2 aromatic rings. The summed E-state index contributed by atoms with van der Waals surface area (Å²) in [5, 5.41) is 13.0. The number of carboxylic acids is 1. The Labute approximate surface area is 230 Å². The first-order valence-corrected chi connectivity index (χ1v) is 13.4. The highest BCUT2D eigenvalue weighted by molar-refractivity contribution is 5.80. The highest BCUT2D eigenvalue weighted by Crippen LogP contribution is 2.49. The van der Waals surface area contributed by atoms with Crippen LogP contribution in [0.1, 0.15) is 78.4 Å². The van der Waals surface area contributed by atoms with Crippen LogP contribution in [0.5, 0.6) is 0 Å². The number of hydrogen-bond donors (Lipinski definition) is 2. The molecule has 4 rings (SSSR count). The van der Waals surface area contributed by atoms with E-state index in [2.05, 4.69) is 29.6 Å². The highest BCUT2D eigenvalue weighted by atomic mass is 16.6. The van der Waals surface area contributed by atoms with Crippen molar-refractivity contribution in [3.8, 4) is 11.1 Å². The number of carbonyl (C=O) groups excluding carboxylic acids is 2. The molecule has 210 valence electrons. The Morgan fingerprint density at radius 2 is 1.41 bits per heavy atom. The lowest BCUT2D eigenvalue weighted by Crippen LogP contribution is -2.68. The Balaban J connectivity index is 1.52. The van der Waals surface area contributed by atoms with Crippen molar-refractivity contribution in [2.24, 2.45) is 5.41 Å². The molecule has 39 heavy (non-hydrogen) atoms. The van der Waals surface area contributed by atoms with Gasteiger partial charge in [0.1, 0.15) is 12.2 Å². The van der Waals surface area contributed by atoms with E-state index in [0.717, 1.165) is 22.3 Å². The smallest absolute Gasteiger partial charge is 0.410 e. The Kier molecular flexibility index (Phi) is 7.21. The quantitative estimate of drug-likeness (QED) is 0.473. The van der Waals surface area contributed by atoms with Gasteiger partial charge in [-0.25, -0.2) is 9.59 Å². The van der Waals surface area contributed by atoms with Gasteiger partial charge in [0.05, 0.1) is 5.41 Å². The standard InChI is InChI=1S/C31H40N2O6/c1-28(2,3)39-26(36)32-19-31(25(34)35)17-29(4,5)33(30(6,7)18-31)27(37)38-16-24-22-14-10-8-12-20(22)21-13-9-11-15-23(21)24/h8-15,24H,16-19H2,1-7H3,(H,32,36)(H,34,35). The summed E-state index contributed by atoms with van der Waals surface area (Å²) in [6.45, 7) is 12.7. The second-order valence-electron chi connectivity index (χ2n) is 13.1. The van der Waals surface area contributed by atoms with Gasteiger partial charge in [-0.1, -0.05) is 48.5 Å². The minimum atomic E-state index is -1.29. The summed E-state index contributed by atoms with van der Waals surface area (Å²) < 4.78 is 11.3. The van der Waals surface area contributed by atoms with Crippen molar-refractivity contribution in [1.29, 1.82) is 0 Å². The molecule has 2 aromatic carbocycles. The number of carboxylic acid groups (broad SMARTS) is 1. The van der Waals surface area contributed by atoms with Gasteiger partial charge in [-0.05, 0) is 83.6 Å². The SMILES string of the molecule is CC(C)(C)OC(=O)NCC1(C(=O)O)CC(C)(C)N(C(=O)OCC2c3ccccc3-c3ccccc32)C(C)(C)C1. The van der Waals surface area contributed by atoms with Crippen LogP contribution in [0, 0.1) is 5.41 Å². The monoisotopic (exact) mass is 536 g/mol. The third kappa shape index (κ3) is 5.60. The molecule has 1 aliphatic carbocycles. The van der Waals surface area contributed by atoms with Crippen molar-refractivity contribution in [3.63, 3.8) is 0 Å². The van der Waals surface area contributed by atoms with E-state index in [1.807, 2.05) is 52.0 Å². The lowest BCUT2D eigenvalue weighted by molar-refractivity contribution is -0.162. The number of aliphatic carboxylic acids is 1. The summed E-state index contributed by atoms with van der Waals surface area (Å²) in [5.74, 6) is -1.10. The molecular weight excluding hydrogens is 496 g/mol. The zero-order valence-corrected chi connectivity index (χ0v) is 24.0. The number of ether oxygens (including phenoxy) is 2. The van der Waals surface area contributed by atoms with E-state index in [1.165, 1.54) is 0 Å². The van der Waals surface area contributed by atoms with Crippen LogP contribution < -0.4 is 5.32 Å². The van der Waals surface area contributed by atoms with Crippen LogP contribution >= 0.6 is 0 Å². The van der Waals surface area contributed by atoms with E-state index in [-0.39, 0.29) is 31.9 Å². The molecule has 0 atom stereocenters. The van der Waals surface area contributed by atoms with Gasteiger partial charge in [-0.15, -0.1) is 0 Å². The van der Waals surface area contributed by atoms with Crippen molar-refractivity contribution in [2.45, 2.75) is 83.9 Å². The average molecular weight is 537 g/mol. The molecule has 1 aliphatic heterocycles. The van der Waals surface area contributed by atoms with E-state index in [1.54, 1.807) is 25.7 Å². The topological polar surface area (TPSA) is 105 Å². The molecule has 0 saturated carbocycles. The van der Waals surface area contributed by atoms with Crippen LogP contribution in [0.15, 0.2) is 48.5 Å². The number of carbonyl (C=O) groups is 3. The zero-order valence-electron chi connectivity index (χ0n) is 24.0. The van der Waals surface area contributed by atoms with Crippen molar-refractivity contribution in [1.82, 2.24) is 10.2 Å². The molecule has 1 fully saturated rings. The molecule has 1 saturated heterocycles. The van der Waals surface area contributed by atoms with Crippen LogP contribution in [-0.4, -0.2) is 58.0 Å². The molecule has 0 aromatic heterocycles. The Bertz CT molecular complexity index is 1210. The van der Waals surface area contributed by atoms with Gasteiger partial charge in [-0.3, -0.25) is 9.69 Å². The van der Waals surface area contributed by atoms with E-state index >= 15 is 0 Å². The maximum atomic E-state index is 13.7. The third-order valence-corrected chi connectivity index (χ3v) is 7.69. The molecule has 8 heteroatoms. The molecule has 0 radical (unpaired) electrons. The van der Waals surface area contributed by atoms with Gasteiger partial charge in [0.15, 0.2) is 0 Å². The van der Waals surface area contributed by atoms with E-state index in [4.69, 9.17) is 9.47 Å². The summed E-state index contributed by atoms with van der Waals surface area (Å²) in [7, 11) is 0. The summed E-state index contributed by atoms with van der Waals surface area (Å²) in [6, 6.07) is 16.3. The number of rotatable bonds is 5. The van der Waals surface area contributed by atoms with E-state index in [9.17, 15) is 19.5 Å². The molecule has 0 spiro atoms. The van der Waals surface area contributed by atoms with Crippen molar-refractivity contribution in [3.05, 3.63) is 59.7 Å².